The molecular formula is C16H29FO. The van der Waals surface area contributed by atoms with E-state index in [1.807, 2.05) is 6.92 Å². The van der Waals surface area contributed by atoms with E-state index >= 15 is 0 Å². The van der Waals surface area contributed by atoms with Crippen LogP contribution in [-0.4, -0.2) is 6.29 Å². The third-order valence-electron chi connectivity index (χ3n) is 3.29. The standard InChI is InChI=1S/C16H29FO/c1-3-5-7-8-9-10-11-12-15(14-18)16(17)13-6-4-2/h14H,3-13H2,1-2H3/b16-15-. The molecule has 0 radical (unpaired) electrons. The van der Waals surface area contributed by atoms with Gasteiger partial charge in [-0.2, -0.15) is 0 Å². The Labute approximate surface area is 112 Å². The summed E-state index contributed by atoms with van der Waals surface area (Å²) < 4.78 is 13.6. The lowest BCUT2D eigenvalue weighted by Crippen LogP contribution is -1.91. The van der Waals surface area contributed by atoms with E-state index in [2.05, 4.69) is 6.92 Å². The van der Waals surface area contributed by atoms with Gasteiger partial charge in [0.15, 0.2) is 0 Å². The van der Waals surface area contributed by atoms with E-state index < -0.39 is 0 Å². The van der Waals surface area contributed by atoms with Crippen molar-refractivity contribution in [1.82, 2.24) is 0 Å². The average Bonchev–Trinajstić information content (AvgIpc) is 2.39. The van der Waals surface area contributed by atoms with Crippen LogP contribution in [0.3, 0.4) is 0 Å². The summed E-state index contributed by atoms with van der Waals surface area (Å²) in [5.41, 5.74) is 0.400. The summed E-state index contributed by atoms with van der Waals surface area (Å²) in [7, 11) is 0. The highest BCUT2D eigenvalue weighted by atomic mass is 19.1. The fourth-order valence-corrected chi connectivity index (χ4v) is 2.02. The maximum Gasteiger partial charge on any atom is 0.148 e. The summed E-state index contributed by atoms with van der Waals surface area (Å²) in [5, 5.41) is 0. The molecule has 0 fully saturated rings. The van der Waals surface area contributed by atoms with Crippen molar-refractivity contribution in [3.63, 3.8) is 0 Å². The molecule has 0 heterocycles. The number of unbranched alkanes of at least 4 members (excludes halogenated alkanes) is 7. The van der Waals surface area contributed by atoms with Crippen LogP contribution in [0.5, 0.6) is 0 Å². The van der Waals surface area contributed by atoms with Gasteiger partial charge in [0, 0.05) is 5.57 Å². The lowest BCUT2D eigenvalue weighted by atomic mass is 10.0. The van der Waals surface area contributed by atoms with Crippen LogP contribution in [0.25, 0.3) is 0 Å². The number of allylic oxidation sites excluding steroid dienone is 2. The topological polar surface area (TPSA) is 17.1 Å². The average molecular weight is 256 g/mol. The Morgan fingerprint density at radius 3 is 1.94 bits per heavy atom. The third kappa shape index (κ3) is 9.38. The van der Waals surface area contributed by atoms with Crippen LogP contribution in [0.4, 0.5) is 4.39 Å². The predicted molar refractivity (Wildman–Crippen MR) is 76.3 cm³/mol. The van der Waals surface area contributed by atoms with E-state index in [4.69, 9.17) is 0 Å². The van der Waals surface area contributed by atoms with E-state index in [0.717, 1.165) is 25.7 Å². The van der Waals surface area contributed by atoms with Crippen LogP contribution >= 0.6 is 0 Å². The molecule has 0 rings (SSSR count). The van der Waals surface area contributed by atoms with Gasteiger partial charge in [0.1, 0.15) is 12.1 Å². The zero-order valence-electron chi connectivity index (χ0n) is 12.1. The van der Waals surface area contributed by atoms with Gasteiger partial charge >= 0.3 is 0 Å². The highest BCUT2D eigenvalue weighted by molar-refractivity contribution is 5.73. The second kappa shape index (κ2) is 12.8. The molecule has 0 N–H and O–H groups in total. The molecule has 0 aliphatic carbocycles. The second-order valence-corrected chi connectivity index (χ2v) is 5.02. The van der Waals surface area contributed by atoms with Crippen LogP contribution in [0, 0.1) is 0 Å². The molecule has 0 aliphatic rings. The first-order chi connectivity index (χ1) is 8.76. The van der Waals surface area contributed by atoms with Gasteiger partial charge in [0.2, 0.25) is 0 Å². The maximum atomic E-state index is 13.6. The number of aldehydes is 1. The number of carbonyl (C=O) groups is 1. The molecule has 1 nitrogen and oxygen atoms in total. The first-order valence-electron chi connectivity index (χ1n) is 7.58. The van der Waals surface area contributed by atoms with Crippen molar-refractivity contribution >= 4 is 6.29 Å². The van der Waals surface area contributed by atoms with Crippen LogP contribution in [-0.2, 0) is 4.79 Å². The molecular weight excluding hydrogens is 227 g/mol. The van der Waals surface area contributed by atoms with Gasteiger partial charge in [-0.25, -0.2) is 4.39 Å². The number of rotatable bonds is 12. The minimum absolute atomic E-state index is 0.183. The van der Waals surface area contributed by atoms with Crippen LogP contribution < -0.4 is 0 Å². The maximum absolute atomic E-state index is 13.6. The van der Waals surface area contributed by atoms with Crippen molar-refractivity contribution in [3.8, 4) is 0 Å². The molecule has 0 spiro atoms. The Hall–Kier alpha value is -0.660. The van der Waals surface area contributed by atoms with Gasteiger partial charge < -0.3 is 0 Å². The molecule has 2 heteroatoms. The Morgan fingerprint density at radius 1 is 0.833 bits per heavy atom. The van der Waals surface area contributed by atoms with Crippen LogP contribution in [0.15, 0.2) is 11.4 Å². The number of hydrogen-bond acceptors (Lipinski definition) is 1. The Kier molecular flexibility index (Phi) is 12.3. The fourth-order valence-electron chi connectivity index (χ4n) is 2.02. The van der Waals surface area contributed by atoms with Crippen molar-refractivity contribution in [2.45, 2.75) is 84.5 Å². The largest absolute Gasteiger partial charge is 0.298 e. The molecule has 0 saturated heterocycles. The van der Waals surface area contributed by atoms with Crippen LogP contribution in [0.1, 0.15) is 84.5 Å². The summed E-state index contributed by atoms with van der Waals surface area (Å²) in [6.45, 7) is 4.24. The fraction of sp³-hybridized carbons (Fsp3) is 0.812. The third-order valence-corrected chi connectivity index (χ3v) is 3.29. The second-order valence-electron chi connectivity index (χ2n) is 5.02. The summed E-state index contributed by atoms with van der Waals surface area (Å²) >= 11 is 0. The first kappa shape index (κ1) is 17.3. The molecule has 106 valence electrons. The van der Waals surface area contributed by atoms with E-state index in [9.17, 15) is 9.18 Å². The molecule has 0 aromatic heterocycles. The minimum atomic E-state index is -0.183. The van der Waals surface area contributed by atoms with Crippen molar-refractivity contribution in [2.24, 2.45) is 0 Å². The molecule has 0 bridgehead atoms. The molecule has 0 amide bonds. The Bertz CT molecular complexity index is 233. The van der Waals surface area contributed by atoms with E-state index in [1.54, 1.807) is 0 Å². The molecule has 0 aromatic rings. The molecule has 0 atom stereocenters. The van der Waals surface area contributed by atoms with Gasteiger partial charge in [-0.05, 0) is 25.7 Å². The van der Waals surface area contributed by atoms with Crippen molar-refractivity contribution < 1.29 is 9.18 Å². The van der Waals surface area contributed by atoms with Crippen molar-refractivity contribution in [1.29, 1.82) is 0 Å². The summed E-state index contributed by atoms with van der Waals surface area (Å²) in [5.74, 6) is -0.183. The molecule has 0 aromatic carbocycles. The quantitative estimate of drug-likeness (QED) is 0.247. The normalized spacial score (nSPS) is 12.4. The molecule has 0 saturated carbocycles. The van der Waals surface area contributed by atoms with Gasteiger partial charge in [0.25, 0.3) is 0 Å². The lowest BCUT2D eigenvalue weighted by Gasteiger charge is -2.04. The summed E-state index contributed by atoms with van der Waals surface area (Å²) in [6, 6.07) is 0. The van der Waals surface area contributed by atoms with E-state index in [-0.39, 0.29) is 5.83 Å². The van der Waals surface area contributed by atoms with Crippen LogP contribution in [0.2, 0.25) is 0 Å². The highest BCUT2D eigenvalue weighted by Crippen LogP contribution is 2.18. The Morgan fingerprint density at radius 2 is 1.39 bits per heavy atom. The smallest absolute Gasteiger partial charge is 0.148 e. The van der Waals surface area contributed by atoms with Crippen molar-refractivity contribution in [2.75, 3.05) is 0 Å². The number of hydrogen-bond donors (Lipinski definition) is 0. The number of halogens is 1. The summed E-state index contributed by atoms with van der Waals surface area (Å²) in [4.78, 5) is 10.8. The zero-order chi connectivity index (χ0) is 13.6. The Balaban J connectivity index is 3.70. The SMILES string of the molecule is CCCCCCCCC/C(C=O)=C(/F)CCCC. The van der Waals surface area contributed by atoms with Gasteiger partial charge in [-0.15, -0.1) is 0 Å². The van der Waals surface area contributed by atoms with Gasteiger partial charge in [-0.1, -0.05) is 58.8 Å². The lowest BCUT2D eigenvalue weighted by molar-refractivity contribution is -0.105. The predicted octanol–water partition coefficient (Wildman–Crippen LogP) is 5.74. The van der Waals surface area contributed by atoms with Crippen molar-refractivity contribution in [3.05, 3.63) is 11.4 Å². The van der Waals surface area contributed by atoms with E-state index in [0.29, 0.717) is 24.7 Å². The van der Waals surface area contributed by atoms with Gasteiger partial charge in [-0.3, -0.25) is 4.79 Å². The molecule has 0 aliphatic heterocycles. The molecule has 0 unspecified atom stereocenters. The summed E-state index contributed by atoms with van der Waals surface area (Å²) in [6.07, 6.45) is 12.0. The number of carbonyl (C=O) groups excluding carboxylic acids is 1. The molecule has 18 heavy (non-hydrogen) atoms. The first-order valence-corrected chi connectivity index (χ1v) is 7.58. The highest BCUT2D eigenvalue weighted by Gasteiger charge is 2.05. The minimum Gasteiger partial charge on any atom is -0.298 e. The van der Waals surface area contributed by atoms with E-state index in [1.165, 1.54) is 32.1 Å². The monoisotopic (exact) mass is 256 g/mol. The zero-order valence-corrected chi connectivity index (χ0v) is 12.1. The van der Waals surface area contributed by atoms with Gasteiger partial charge in [0.05, 0.1) is 0 Å².